The Morgan fingerprint density at radius 1 is 0.253 bits per heavy atom. The van der Waals surface area contributed by atoms with Crippen molar-refractivity contribution >= 4 is 17.9 Å². The van der Waals surface area contributed by atoms with E-state index in [1.54, 1.807) is 0 Å². The summed E-state index contributed by atoms with van der Waals surface area (Å²) in [5, 5.41) is 0. The Bertz CT molecular complexity index is 1520. The van der Waals surface area contributed by atoms with Crippen LogP contribution in [0.4, 0.5) is 0 Å². The number of hydrogen-bond donors (Lipinski definition) is 0. The van der Waals surface area contributed by atoms with Gasteiger partial charge in [0.05, 0.1) is 0 Å². The van der Waals surface area contributed by atoms with Gasteiger partial charge in [-0.1, -0.05) is 363 Å². The fraction of sp³-hybridized carbons (Fsp3) is 0.805. The van der Waals surface area contributed by atoms with Crippen molar-refractivity contribution in [1.82, 2.24) is 0 Å². The van der Waals surface area contributed by atoms with Crippen LogP contribution < -0.4 is 0 Å². The monoisotopic (exact) mass is 1160 g/mol. The average Bonchev–Trinajstić information content (AvgIpc) is 3.49. The lowest BCUT2D eigenvalue weighted by molar-refractivity contribution is -0.167. The molecule has 0 spiro atoms. The third-order valence-electron chi connectivity index (χ3n) is 16.2. The van der Waals surface area contributed by atoms with Crippen molar-refractivity contribution in [1.29, 1.82) is 0 Å². The summed E-state index contributed by atoms with van der Waals surface area (Å²) in [5.41, 5.74) is 0. The predicted octanol–water partition coefficient (Wildman–Crippen LogP) is 25.2. The van der Waals surface area contributed by atoms with Gasteiger partial charge in [0.25, 0.3) is 0 Å². The Balaban J connectivity index is 4.24. The molecule has 0 N–H and O–H groups in total. The van der Waals surface area contributed by atoms with E-state index in [0.29, 0.717) is 19.3 Å². The third-order valence-corrected chi connectivity index (χ3v) is 16.2. The molecule has 0 aromatic carbocycles. The first-order valence-electron chi connectivity index (χ1n) is 36.4. The van der Waals surface area contributed by atoms with Gasteiger partial charge >= 0.3 is 17.9 Å². The molecule has 0 heterocycles. The third kappa shape index (κ3) is 69.5. The summed E-state index contributed by atoms with van der Waals surface area (Å²) in [6.07, 6.45) is 93.6. The zero-order valence-electron chi connectivity index (χ0n) is 55.5. The SMILES string of the molecule is CC/C=C\C/C=C\C/C=C\C/C=C\C/C=C\C/C=C\CCCCCCCCCCCCCCC(=O)OCC(COC(=O)CCCCCCCCCCCCCCCCC)OC(=O)CCCCCCCCCCCCCCCCCCCCC. The van der Waals surface area contributed by atoms with E-state index in [0.717, 1.165) is 96.3 Å². The molecule has 482 valence electrons. The fourth-order valence-electron chi connectivity index (χ4n) is 10.8. The second kappa shape index (κ2) is 71.3. The number of rotatable bonds is 67. The highest BCUT2D eigenvalue weighted by molar-refractivity contribution is 5.71. The van der Waals surface area contributed by atoms with Crippen LogP contribution in [-0.4, -0.2) is 37.2 Å². The summed E-state index contributed by atoms with van der Waals surface area (Å²) in [6.45, 7) is 6.60. The molecule has 0 saturated heterocycles. The fourth-order valence-corrected chi connectivity index (χ4v) is 10.8. The molecule has 0 aliphatic carbocycles. The Hall–Kier alpha value is -3.15. The highest BCUT2D eigenvalue weighted by Crippen LogP contribution is 2.18. The van der Waals surface area contributed by atoms with E-state index in [9.17, 15) is 14.4 Å². The number of allylic oxidation sites excluding steroid dienone is 12. The first-order valence-corrected chi connectivity index (χ1v) is 36.4. The molecule has 0 amide bonds. The van der Waals surface area contributed by atoms with E-state index in [1.807, 2.05) is 0 Å². The summed E-state index contributed by atoms with van der Waals surface area (Å²) in [4.78, 5) is 38.5. The topological polar surface area (TPSA) is 78.9 Å². The molecule has 0 aromatic rings. The molecule has 1 unspecified atom stereocenters. The van der Waals surface area contributed by atoms with Crippen molar-refractivity contribution in [2.45, 2.75) is 386 Å². The molecule has 6 heteroatoms. The van der Waals surface area contributed by atoms with Crippen LogP contribution in [0.25, 0.3) is 0 Å². The molecule has 6 nitrogen and oxygen atoms in total. The van der Waals surface area contributed by atoms with Crippen molar-refractivity contribution < 1.29 is 28.6 Å². The van der Waals surface area contributed by atoms with Crippen LogP contribution in [0.15, 0.2) is 72.9 Å². The van der Waals surface area contributed by atoms with Crippen LogP contribution in [0.2, 0.25) is 0 Å². The van der Waals surface area contributed by atoms with Crippen molar-refractivity contribution in [3.05, 3.63) is 72.9 Å². The lowest BCUT2D eigenvalue weighted by Gasteiger charge is -2.18. The van der Waals surface area contributed by atoms with Crippen LogP contribution in [0.1, 0.15) is 380 Å². The number of hydrogen-bond acceptors (Lipinski definition) is 6. The second-order valence-electron chi connectivity index (χ2n) is 24.5. The zero-order valence-corrected chi connectivity index (χ0v) is 55.5. The first-order chi connectivity index (χ1) is 41.0. The van der Waals surface area contributed by atoms with E-state index in [-0.39, 0.29) is 31.1 Å². The van der Waals surface area contributed by atoms with Crippen LogP contribution in [0.5, 0.6) is 0 Å². The summed E-state index contributed by atoms with van der Waals surface area (Å²) >= 11 is 0. The van der Waals surface area contributed by atoms with E-state index in [4.69, 9.17) is 14.2 Å². The molecule has 0 aliphatic rings. The van der Waals surface area contributed by atoms with Gasteiger partial charge in [0, 0.05) is 19.3 Å². The average molecular weight is 1160 g/mol. The molecular formula is C77H138O6. The van der Waals surface area contributed by atoms with Gasteiger partial charge in [0.2, 0.25) is 0 Å². The maximum absolute atomic E-state index is 13.0. The van der Waals surface area contributed by atoms with Gasteiger partial charge < -0.3 is 14.2 Å². The lowest BCUT2D eigenvalue weighted by atomic mass is 10.0. The van der Waals surface area contributed by atoms with E-state index in [2.05, 4.69) is 93.7 Å². The Labute approximate surface area is 516 Å². The number of ether oxygens (including phenoxy) is 3. The van der Waals surface area contributed by atoms with E-state index in [1.165, 1.54) is 244 Å². The normalized spacial score (nSPS) is 12.5. The molecule has 0 rings (SSSR count). The molecule has 0 bridgehead atoms. The van der Waals surface area contributed by atoms with Crippen molar-refractivity contribution in [2.24, 2.45) is 0 Å². The minimum Gasteiger partial charge on any atom is -0.462 e. The standard InChI is InChI=1S/C77H138O6/c1-4-7-10-13-16-19-22-25-28-30-32-33-34-35-36-37-38-39-40-41-42-43-45-46-49-52-55-58-61-64-67-70-76(79)82-73-74(72-81-75(78)69-66-63-60-57-54-51-48-27-24-21-18-15-12-9-6-3)83-77(80)71-68-65-62-59-56-53-50-47-44-31-29-26-23-20-17-14-11-8-5-2/h7,10,16,19,25,28,32-33,35-36,38-39,74H,4-6,8-9,11-15,17-18,20-24,26-27,29-31,34,37,40-73H2,1-3H3/b10-7-,19-16-,28-25-,33-32-,36-35-,39-38-. The van der Waals surface area contributed by atoms with Gasteiger partial charge in [0.15, 0.2) is 6.10 Å². The summed E-state index contributed by atoms with van der Waals surface area (Å²) in [7, 11) is 0. The highest BCUT2D eigenvalue weighted by atomic mass is 16.6. The summed E-state index contributed by atoms with van der Waals surface area (Å²) in [5.74, 6) is -0.843. The van der Waals surface area contributed by atoms with E-state index < -0.39 is 6.10 Å². The summed E-state index contributed by atoms with van der Waals surface area (Å²) in [6, 6.07) is 0. The quantitative estimate of drug-likeness (QED) is 0.0261. The van der Waals surface area contributed by atoms with Crippen molar-refractivity contribution in [3.8, 4) is 0 Å². The minimum absolute atomic E-state index is 0.0686. The highest BCUT2D eigenvalue weighted by Gasteiger charge is 2.19. The molecule has 0 fully saturated rings. The maximum Gasteiger partial charge on any atom is 0.306 e. The van der Waals surface area contributed by atoms with Crippen LogP contribution in [0, 0.1) is 0 Å². The molecule has 1 atom stereocenters. The zero-order chi connectivity index (χ0) is 59.9. The van der Waals surface area contributed by atoms with Crippen molar-refractivity contribution in [2.75, 3.05) is 13.2 Å². The molecule has 0 saturated carbocycles. The smallest absolute Gasteiger partial charge is 0.306 e. The van der Waals surface area contributed by atoms with Gasteiger partial charge in [-0.3, -0.25) is 14.4 Å². The number of carbonyl (C=O) groups is 3. The number of esters is 3. The van der Waals surface area contributed by atoms with Gasteiger partial charge in [-0.25, -0.2) is 0 Å². The number of carbonyl (C=O) groups excluding carboxylic acids is 3. The van der Waals surface area contributed by atoms with Gasteiger partial charge in [0.1, 0.15) is 13.2 Å². The molecule has 83 heavy (non-hydrogen) atoms. The minimum atomic E-state index is -0.773. The van der Waals surface area contributed by atoms with Crippen molar-refractivity contribution in [3.63, 3.8) is 0 Å². The molecule has 0 radical (unpaired) electrons. The second-order valence-corrected chi connectivity index (χ2v) is 24.5. The van der Waals surface area contributed by atoms with Gasteiger partial charge in [-0.05, 0) is 70.6 Å². The number of unbranched alkanes of at least 4 members (excludes halogenated alkanes) is 44. The van der Waals surface area contributed by atoms with E-state index >= 15 is 0 Å². The Morgan fingerprint density at radius 3 is 0.735 bits per heavy atom. The molecular weight excluding hydrogens is 1020 g/mol. The van der Waals surface area contributed by atoms with Crippen LogP contribution >= 0.6 is 0 Å². The van der Waals surface area contributed by atoms with Crippen LogP contribution in [0.3, 0.4) is 0 Å². The first kappa shape index (κ1) is 79.8. The Kier molecular flexibility index (Phi) is 68.6. The molecule has 0 aromatic heterocycles. The van der Waals surface area contributed by atoms with Gasteiger partial charge in [-0.2, -0.15) is 0 Å². The Morgan fingerprint density at radius 2 is 0.470 bits per heavy atom. The van der Waals surface area contributed by atoms with Gasteiger partial charge in [-0.15, -0.1) is 0 Å². The predicted molar refractivity (Wildman–Crippen MR) is 362 cm³/mol. The molecule has 0 aliphatic heterocycles. The maximum atomic E-state index is 13.0. The summed E-state index contributed by atoms with van der Waals surface area (Å²) < 4.78 is 17.0. The van der Waals surface area contributed by atoms with Crippen LogP contribution in [-0.2, 0) is 28.6 Å². The lowest BCUT2D eigenvalue weighted by Crippen LogP contribution is -2.30. The largest absolute Gasteiger partial charge is 0.462 e.